The molecule has 1 heterocycles. The van der Waals surface area contributed by atoms with Crippen LogP contribution in [0, 0.1) is 11.8 Å². The number of aldehydes is 1. The van der Waals surface area contributed by atoms with E-state index in [4.69, 9.17) is 9.47 Å². The second-order valence-electron chi connectivity index (χ2n) is 4.16. The second kappa shape index (κ2) is 6.89. The van der Waals surface area contributed by atoms with Crippen molar-refractivity contribution in [3.05, 3.63) is 24.4 Å². The van der Waals surface area contributed by atoms with Gasteiger partial charge in [0.15, 0.2) is 0 Å². The molecule has 4 nitrogen and oxygen atoms in total. The Balaban J connectivity index is 2.41. The molecule has 2 atom stereocenters. The molecule has 0 N–H and O–H groups in total. The Morgan fingerprint density at radius 3 is 2.94 bits per heavy atom. The topological polar surface area (TPSA) is 52.6 Å². The van der Waals surface area contributed by atoms with Crippen LogP contribution < -0.4 is 0 Å². The first kappa shape index (κ1) is 13.5. The lowest BCUT2D eigenvalue weighted by atomic mass is 9.95. The van der Waals surface area contributed by atoms with Gasteiger partial charge in [0.05, 0.1) is 12.2 Å². The van der Waals surface area contributed by atoms with Gasteiger partial charge in [0.2, 0.25) is 0 Å². The lowest BCUT2D eigenvalue weighted by Gasteiger charge is -2.15. The zero-order valence-corrected chi connectivity index (χ0v) is 10.2. The normalized spacial score (nSPS) is 17.6. The zero-order chi connectivity index (χ0) is 12.7. The first-order valence-electron chi connectivity index (χ1n) is 5.83. The van der Waals surface area contributed by atoms with E-state index in [1.807, 2.05) is 6.92 Å². The summed E-state index contributed by atoms with van der Waals surface area (Å²) in [4.78, 5) is 22.4. The summed E-state index contributed by atoms with van der Waals surface area (Å²) in [6.07, 6.45) is 7.47. The number of carbonyl (C=O) groups excluding carboxylic acids is 2. The molecule has 1 rings (SSSR count). The van der Waals surface area contributed by atoms with Crippen molar-refractivity contribution in [1.29, 1.82) is 0 Å². The van der Waals surface area contributed by atoms with Crippen LogP contribution in [0.2, 0.25) is 0 Å². The summed E-state index contributed by atoms with van der Waals surface area (Å²) in [6, 6.07) is 0. The fourth-order valence-corrected chi connectivity index (χ4v) is 1.55. The smallest absolute Gasteiger partial charge is 0.313 e. The highest BCUT2D eigenvalue weighted by molar-refractivity contribution is 5.73. The maximum Gasteiger partial charge on any atom is 0.313 e. The van der Waals surface area contributed by atoms with Gasteiger partial charge in [-0.05, 0) is 18.9 Å². The third-order valence-electron chi connectivity index (χ3n) is 2.70. The van der Waals surface area contributed by atoms with E-state index in [0.29, 0.717) is 18.6 Å². The van der Waals surface area contributed by atoms with Gasteiger partial charge in [-0.2, -0.15) is 0 Å². The van der Waals surface area contributed by atoms with Crippen LogP contribution in [0.5, 0.6) is 0 Å². The first-order chi connectivity index (χ1) is 8.17. The standard InChI is InChI=1S/C13H18O4/c1-3-11(8-14)7-10(2)13(15)17-12-5-4-6-16-9-12/h4,6,8-11H,3,5,7H2,1-2H3. The minimum atomic E-state index is -0.310. The molecule has 0 radical (unpaired) electrons. The highest BCUT2D eigenvalue weighted by Crippen LogP contribution is 2.18. The highest BCUT2D eigenvalue weighted by Gasteiger charge is 2.20. The van der Waals surface area contributed by atoms with Crippen LogP contribution in [-0.2, 0) is 19.1 Å². The van der Waals surface area contributed by atoms with Crippen LogP contribution in [0.3, 0.4) is 0 Å². The van der Waals surface area contributed by atoms with Crippen molar-refractivity contribution in [3.8, 4) is 0 Å². The predicted octanol–water partition coefficient (Wildman–Crippen LogP) is 2.56. The van der Waals surface area contributed by atoms with E-state index in [0.717, 1.165) is 12.7 Å². The predicted molar refractivity (Wildman–Crippen MR) is 62.6 cm³/mol. The number of hydrogen-bond acceptors (Lipinski definition) is 4. The van der Waals surface area contributed by atoms with Crippen molar-refractivity contribution < 1.29 is 19.1 Å². The van der Waals surface area contributed by atoms with Crippen molar-refractivity contribution in [2.45, 2.75) is 33.1 Å². The lowest BCUT2D eigenvalue weighted by molar-refractivity contribution is -0.144. The van der Waals surface area contributed by atoms with Crippen LogP contribution in [0.15, 0.2) is 24.4 Å². The van der Waals surface area contributed by atoms with Gasteiger partial charge in [0.25, 0.3) is 0 Å². The summed E-state index contributed by atoms with van der Waals surface area (Å²) in [6.45, 7) is 3.70. The van der Waals surface area contributed by atoms with Crippen LogP contribution in [0.25, 0.3) is 0 Å². The van der Waals surface area contributed by atoms with Crippen molar-refractivity contribution >= 4 is 12.3 Å². The Kier molecular flexibility index (Phi) is 5.46. The van der Waals surface area contributed by atoms with Gasteiger partial charge in [-0.3, -0.25) is 4.79 Å². The molecular formula is C13H18O4. The molecule has 0 saturated heterocycles. The van der Waals surface area contributed by atoms with Crippen LogP contribution in [0.1, 0.15) is 33.1 Å². The van der Waals surface area contributed by atoms with E-state index >= 15 is 0 Å². The van der Waals surface area contributed by atoms with Crippen LogP contribution in [-0.4, -0.2) is 12.3 Å². The molecule has 0 saturated carbocycles. The second-order valence-corrected chi connectivity index (χ2v) is 4.16. The number of rotatable bonds is 6. The minimum Gasteiger partial charge on any atom is -0.469 e. The van der Waals surface area contributed by atoms with Crippen molar-refractivity contribution in [2.75, 3.05) is 0 Å². The van der Waals surface area contributed by atoms with E-state index in [1.54, 1.807) is 19.3 Å². The van der Waals surface area contributed by atoms with Crippen molar-refractivity contribution in [3.63, 3.8) is 0 Å². The summed E-state index contributed by atoms with van der Waals surface area (Å²) >= 11 is 0. The Labute approximate surface area is 101 Å². The van der Waals surface area contributed by atoms with E-state index in [-0.39, 0.29) is 17.8 Å². The molecule has 0 aromatic rings. The molecule has 0 aliphatic carbocycles. The number of carbonyl (C=O) groups is 2. The highest BCUT2D eigenvalue weighted by atomic mass is 16.6. The van der Waals surface area contributed by atoms with Crippen LogP contribution >= 0.6 is 0 Å². The van der Waals surface area contributed by atoms with Gasteiger partial charge < -0.3 is 14.3 Å². The monoisotopic (exact) mass is 238 g/mol. The average molecular weight is 238 g/mol. The zero-order valence-electron chi connectivity index (χ0n) is 10.2. The first-order valence-corrected chi connectivity index (χ1v) is 5.83. The fraction of sp³-hybridized carbons (Fsp3) is 0.538. The quantitative estimate of drug-likeness (QED) is 0.527. The Hall–Kier alpha value is -1.58. The number of ether oxygens (including phenoxy) is 2. The Morgan fingerprint density at radius 1 is 1.65 bits per heavy atom. The molecule has 1 aliphatic heterocycles. The summed E-state index contributed by atoms with van der Waals surface area (Å²) in [5.74, 6) is -0.162. The Morgan fingerprint density at radius 2 is 2.41 bits per heavy atom. The molecular weight excluding hydrogens is 220 g/mol. The Bertz CT molecular complexity index is 330. The molecule has 0 aromatic carbocycles. The molecule has 2 unspecified atom stereocenters. The summed E-state index contributed by atoms with van der Waals surface area (Å²) in [5.41, 5.74) is 0. The molecule has 4 heteroatoms. The molecule has 17 heavy (non-hydrogen) atoms. The molecule has 0 bridgehead atoms. The van der Waals surface area contributed by atoms with Crippen molar-refractivity contribution in [2.24, 2.45) is 11.8 Å². The third-order valence-corrected chi connectivity index (χ3v) is 2.70. The summed E-state index contributed by atoms with van der Waals surface area (Å²) in [5, 5.41) is 0. The van der Waals surface area contributed by atoms with Gasteiger partial charge in [0.1, 0.15) is 18.3 Å². The van der Waals surface area contributed by atoms with Gasteiger partial charge in [-0.25, -0.2) is 0 Å². The van der Waals surface area contributed by atoms with E-state index in [9.17, 15) is 9.59 Å². The fourth-order valence-electron chi connectivity index (χ4n) is 1.55. The van der Waals surface area contributed by atoms with Crippen LogP contribution in [0.4, 0.5) is 0 Å². The van der Waals surface area contributed by atoms with E-state index in [1.165, 1.54) is 6.26 Å². The van der Waals surface area contributed by atoms with Gasteiger partial charge >= 0.3 is 5.97 Å². The molecule has 1 aliphatic rings. The van der Waals surface area contributed by atoms with E-state index in [2.05, 4.69) is 0 Å². The van der Waals surface area contributed by atoms with Gasteiger partial charge in [-0.1, -0.05) is 13.8 Å². The maximum atomic E-state index is 11.7. The minimum absolute atomic E-state index is 0.0750. The molecule has 94 valence electrons. The molecule has 0 amide bonds. The number of esters is 1. The molecule has 0 spiro atoms. The third kappa shape index (κ3) is 4.43. The maximum absolute atomic E-state index is 11.7. The molecule has 0 fully saturated rings. The van der Waals surface area contributed by atoms with Gasteiger partial charge in [-0.15, -0.1) is 0 Å². The van der Waals surface area contributed by atoms with Gasteiger partial charge in [0, 0.05) is 12.3 Å². The SMILES string of the molecule is CCC(C=O)CC(C)C(=O)OC1=COC=CC1. The average Bonchev–Trinajstić information content (AvgIpc) is 2.36. The summed E-state index contributed by atoms with van der Waals surface area (Å²) in [7, 11) is 0. The number of hydrogen-bond donors (Lipinski definition) is 0. The summed E-state index contributed by atoms with van der Waals surface area (Å²) < 4.78 is 10.1. The van der Waals surface area contributed by atoms with E-state index < -0.39 is 0 Å². The lowest BCUT2D eigenvalue weighted by Crippen LogP contribution is -2.18. The van der Waals surface area contributed by atoms with Crippen molar-refractivity contribution in [1.82, 2.24) is 0 Å². The molecule has 0 aromatic heterocycles. The largest absolute Gasteiger partial charge is 0.469 e. The number of allylic oxidation sites excluding steroid dienone is 1.